The zero-order chi connectivity index (χ0) is 15.1. The van der Waals surface area contributed by atoms with Crippen LogP contribution in [0, 0.1) is 0 Å². The molecule has 0 saturated carbocycles. The molecule has 1 heterocycles. The number of carbonyl (C=O) groups excluding carboxylic acids is 1. The molecule has 0 bridgehead atoms. The van der Waals surface area contributed by atoms with E-state index < -0.39 is 0 Å². The lowest BCUT2D eigenvalue weighted by Crippen LogP contribution is -2.15. The number of carbonyl (C=O) groups is 1. The van der Waals surface area contributed by atoms with Gasteiger partial charge in [0.1, 0.15) is 6.61 Å². The quantitative estimate of drug-likeness (QED) is 0.604. The van der Waals surface area contributed by atoms with E-state index in [1.54, 1.807) is 10.7 Å². The van der Waals surface area contributed by atoms with Gasteiger partial charge in [-0.3, -0.25) is 14.3 Å². The fourth-order valence-electron chi connectivity index (χ4n) is 1.98. The van der Waals surface area contributed by atoms with Crippen molar-refractivity contribution in [1.29, 1.82) is 0 Å². The van der Waals surface area contributed by atoms with Gasteiger partial charge in [0.15, 0.2) is 0 Å². The molecule has 0 fully saturated rings. The predicted molar refractivity (Wildman–Crippen MR) is 81.0 cm³/mol. The molecular formula is C16H18N2O3. The van der Waals surface area contributed by atoms with Crippen molar-refractivity contribution in [2.24, 2.45) is 0 Å². The summed E-state index contributed by atoms with van der Waals surface area (Å²) >= 11 is 0. The van der Waals surface area contributed by atoms with E-state index in [2.05, 4.69) is 5.10 Å². The van der Waals surface area contributed by atoms with Crippen LogP contribution in [0.1, 0.15) is 19.8 Å². The van der Waals surface area contributed by atoms with Crippen molar-refractivity contribution in [3.63, 3.8) is 0 Å². The van der Waals surface area contributed by atoms with Crippen molar-refractivity contribution < 1.29 is 9.53 Å². The van der Waals surface area contributed by atoms with Gasteiger partial charge in [-0.15, -0.1) is 0 Å². The van der Waals surface area contributed by atoms with Gasteiger partial charge in [0, 0.05) is 5.39 Å². The fraction of sp³-hybridized carbons (Fsp3) is 0.312. The Morgan fingerprint density at radius 1 is 1.33 bits per heavy atom. The maximum atomic E-state index is 11.7. The van der Waals surface area contributed by atoms with Crippen LogP contribution < -0.4 is 5.43 Å². The number of fused-ring (bicyclic) bond motifs is 1. The maximum absolute atomic E-state index is 11.7. The first-order valence-corrected chi connectivity index (χ1v) is 6.98. The summed E-state index contributed by atoms with van der Waals surface area (Å²) in [6.45, 7) is 2.70. The number of ether oxygens (including phenoxy) is 1. The number of aryl methyl sites for hydroxylation is 1. The highest BCUT2D eigenvalue weighted by atomic mass is 16.5. The minimum Gasteiger partial charge on any atom is -0.461 e. The number of hydrogen-bond donors (Lipinski definition) is 0. The summed E-state index contributed by atoms with van der Waals surface area (Å²) in [4.78, 5) is 23.3. The minimum absolute atomic E-state index is 0.117. The van der Waals surface area contributed by atoms with E-state index in [0.29, 0.717) is 18.5 Å². The minimum atomic E-state index is -0.277. The molecule has 0 radical (unpaired) electrons. The monoisotopic (exact) mass is 286 g/mol. The molecule has 110 valence electrons. The summed E-state index contributed by atoms with van der Waals surface area (Å²) in [6.07, 6.45) is 6.19. The van der Waals surface area contributed by atoms with Crippen LogP contribution in [0.5, 0.6) is 0 Å². The van der Waals surface area contributed by atoms with E-state index in [-0.39, 0.29) is 17.8 Å². The number of aromatic nitrogens is 2. The Labute approximate surface area is 122 Å². The summed E-state index contributed by atoms with van der Waals surface area (Å²) in [7, 11) is 0. The predicted octanol–water partition coefficient (Wildman–Crippen LogP) is 2.30. The SMILES string of the molecule is CCC=CCOC(=O)CCn1ncc(=O)c2ccccc21. The molecule has 2 aromatic rings. The van der Waals surface area contributed by atoms with Gasteiger partial charge in [0.05, 0.1) is 24.7 Å². The standard InChI is InChI=1S/C16H18N2O3/c1-2-3-6-11-21-16(20)9-10-18-14-8-5-4-7-13(14)15(19)12-17-18/h3-8,12H,2,9-11H2,1H3. The topological polar surface area (TPSA) is 61.2 Å². The third-order valence-corrected chi connectivity index (χ3v) is 3.03. The van der Waals surface area contributed by atoms with Crippen molar-refractivity contribution in [2.45, 2.75) is 26.3 Å². The lowest BCUT2D eigenvalue weighted by molar-refractivity contribution is -0.142. The molecule has 1 aromatic carbocycles. The van der Waals surface area contributed by atoms with E-state index in [0.717, 1.165) is 11.9 Å². The number of allylic oxidation sites excluding steroid dienone is 1. The van der Waals surface area contributed by atoms with Crippen LogP contribution in [-0.4, -0.2) is 22.4 Å². The highest BCUT2D eigenvalue weighted by Crippen LogP contribution is 2.08. The molecule has 0 unspecified atom stereocenters. The van der Waals surface area contributed by atoms with Crippen molar-refractivity contribution in [3.8, 4) is 0 Å². The molecule has 0 aliphatic rings. The second kappa shape index (κ2) is 7.38. The molecule has 0 spiro atoms. The lowest BCUT2D eigenvalue weighted by atomic mass is 10.2. The van der Waals surface area contributed by atoms with Crippen LogP contribution in [0.25, 0.3) is 10.9 Å². The van der Waals surface area contributed by atoms with Gasteiger partial charge in [-0.05, 0) is 18.6 Å². The van der Waals surface area contributed by atoms with Crippen LogP contribution in [-0.2, 0) is 16.1 Å². The summed E-state index contributed by atoms with van der Waals surface area (Å²) in [5, 5.41) is 4.67. The Bertz CT molecular complexity index is 704. The van der Waals surface area contributed by atoms with E-state index in [1.807, 2.05) is 37.3 Å². The summed E-state index contributed by atoms with van der Waals surface area (Å²) in [6, 6.07) is 7.22. The van der Waals surface area contributed by atoms with Crippen LogP contribution in [0.3, 0.4) is 0 Å². The Kier molecular flexibility index (Phi) is 5.26. The first-order chi connectivity index (χ1) is 10.2. The molecule has 2 rings (SSSR count). The van der Waals surface area contributed by atoms with Gasteiger partial charge in [-0.25, -0.2) is 0 Å². The highest BCUT2D eigenvalue weighted by molar-refractivity contribution is 5.78. The van der Waals surface area contributed by atoms with Gasteiger partial charge in [-0.2, -0.15) is 5.10 Å². The van der Waals surface area contributed by atoms with E-state index >= 15 is 0 Å². The Hall–Kier alpha value is -2.43. The van der Waals surface area contributed by atoms with Gasteiger partial charge >= 0.3 is 5.97 Å². The Morgan fingerprint density at radius 3 is 2.95 bits per heavy atom. The maximum Gasteiger partial charge on any atom is 0.307 e. The fourth-order valence-corrected chi connectivity index (χ4v) is 1.98. The van der Waals surface area contributed by atoms with Crippen molar-refractivity contribution >= 4 is 16.9 Å². The third kappa shape index (κ3) is 4.02. The molecule has 5 nitrogen and oxygen atoms in total. The van der Waals surface area contributed by atoms with Gasteiger partial charge < -0.3 is 4.74 Å². The van der Waals surface area contributed by atoms with Crippen molar-refractivity contribution in [2.75, 3.05) is 6.61 Å². The largest absolute Gasteiger partial charge is 0.461 e. The second-order valence-corrected chi connectivity index (χ2v) is 4.56. The second-order valence-electron chi connectivity index (χ2n) is 4.56. The Balaban J connectivity index is 2.01. The Morgan fingerprint density at radius 2 is 2.14 bits per heavy atom. The zero-order valence-corrected chi connectivity index (χ0v) is 12.0. The van der Waals surface area contributed by atoms with E-state index in [4.69, 9.17) is 4.74 Å². The third-order valence-electron chi connectivity index (χ3n) is 3.03. The van der Waals surface area contributed by atoms with Crippen molar-refractivity contribution in [1.82, 2.24) is 9.78 Å². The van der Waals surface area contributed by atoms with Crippen LogP contribution in [0.15, 0.2) is 47.4 Å². The van der Waals surface area contributed by atoms with Crippen LogP contribution in [0.2, 0.25) is 0 Å². The molecule has 0 amide bonds. The number of hydrogen-bond acceptors (Lipinski definition) is 4. The normalized spacial score (nSPS) is 11.1. The van der Waals surface area contributed by atoms with Gasteiger partial charge in [0.25, 0.3) is 0 Å². The lowest BCUT2D eigenvalue weighted by Gasteiger charge is -2.08. The molecule has 5 heteroatoms. The number of para-hydroxylation sites is 1. The average molecular weight is 286 g/mol. The molecule has 0 N–H and O–H groups in total. The van der Waals surface area contributed by atoms with E-state index in [1.165, 1.54) is 6.20 Å². The number of nitrogens with zero attached hydrogens (tertiary/aromatic N) is 2. The molecule has 0 aliphatic heterocycles. The van der Waals surface area contributed by atoms with Crippen molar-refractivity contribution in [3.05, 3.63) is 52.8 Å². The average Bonchev–Trinajstić information content (AvgIpc) is 2.51. The zero-order valence-electron chi connectivity index (χ0n) is 12.0. The van der Waals surface area contributed by atoms with Crippen LogP contribution >= 0.6 is 0 Å². The molecular weight excluding hydrogens is 268 g/mol. The molecule has 21 heavy (non-hydrogen) atoms. The summed E-state index contributed by atoms with van der Waals surface area (Å²) in [5.74, 6) is -0.277. The molecule has 0 atom stereocenters. The number of esters is 1. The summed E-state index contributed by atoms with van der Waals surface area (Å²) < 4.78 is 6.73. The van der Waals surface area contributed by atoms with Gasteiger partial charge in [0.2, 0.25) is 5.43 Å². The van der Waals surface area contributed by atoms with Crippen LogP contribution in [0.4, 0.5) is 0 Å². The smallest absolute Gasteiger partial charge is 0.307 e. The van der Waals surface area contributed by atoms with E-state index in [9.17, 15) is 9.59 Å². The number of benzene rings is 1. The number of rotatable bonds is 6. The molecule has 0 saturated heterocycles. The first-order valence-electron chi connectivity index (χ1n) is 6.98. The molecule has 1 aromatic heterocycles. The molecule has 0 aliphatic carbocycles. The highest BCUT2D eigenvalue weighted by Gasteiger charge is 2.06. The summed E-state index contributed by atoms with van der Waals surface area (Å²) in [5.41, 5.74) is 0.609. The first kappa shape index (κ1) is 15.0. The van der Waals surface area contributed by atoms with Gasteiger partial charge in [-0.1, -0.05) is 31.2 Å².